The summed E-state index contributed by atoms with van der Waals surface area (Å²) in [6.07, 6.45) is 2.31. The Balaban J connectivity index is 1.83. The first-order valence-electron chi connectivity index (χ1n) is 9.53. The second-order valence-electron chi connectivity index (χ2n) is 8.48. The molecule has 0 bridgehead atoms. The highest BCUT2D eigenvalue weighted by Crippen LogP contribution is 2.42. The molecule has 1 fully saturated rings. The van der Waals surface area contributed by atoms with Crippen LogP contribution in [0.25, 0.3) is 0 Å². The molecule has 3 rings (SSSR count). The van der Waals surface area contributed by atoms with Gasteiger partial charge in [0.15, 0.2) is 6.10 Å². The van der Waals surface area contributed by atoms with Crippen LogP contribution >= 0.6 is 11.6 Å². The van der Waals surface area contributed by atoms with E-state index in [1.165, 1.54) is 6.42 Å². The van der Waals surface area contributed by atoms with E-state index in [-0.39, 0.29) is 12.1 Å². The molecule has 1 aromatic carbocycles. The fourth-order valence-electron chi connectivity index (χ4n) is 4.09. The Labute approximate surface area is 161 Å². The lowest BCUT2D eigenvalue weighted by Crippen LogP contribution is -2.43. The van der Waals surface area contributed by atoms with Crippen LogP contribution in [0.4, 0.5) is 0 Å². The summed E-state index contributed by atoms with van der Waals surface area (Å²) in [7, 11) is 0. The van der Waals surface area contributed by atoms with Crippen LogP contribution in [0.1, 0.15) is 65.5 Å². The average Bonchev–Trinajstić information content (AvgIpc) is 2.53. The first-order chi connectivity index (χ1) is 12.2. The van der Waals surface area contributed by atoms with Crippen molar-refractivity contribution in [3.63, 3.8) is 0 Å². The summed E-state index contributed by atoms with van der Waals surface area (Å²) >= 11 is 6.13. The fourth-order valence-corrected chi connectivity index (χ4v) is 4.27. The van der Waals surface area contributed by atoms with E-state index in [1.54, 1.807) is 32.0 Å². The molecule has 1 aliphatic heterocycles. The molecule has 0 amide bonds. The van der Waals surface area contributed by atoms with Gasteiger partial charge in [-0.2, -0.15) is 0 Å². The van der Waals surface area contributed by atoms with Crippen molar-refractivity contribution in [1.82, 2.24) is 0 Å². The van der Waals surface area contributed by atoms with Crippen molar-refractivity contribution in [3.8, 4) is 5.75 Å². The van der Waals surface area contributed by atoms with Gasteiger partial charge in [0.1, 0.15) is 11.9 Å². The Morgan fingerprint density at radius 1 is 1.31 bits per heavy atom. The number of carbonyl (C=O) groups excluding carboxylic acids is 1. The van der Waals surface area contributed by atoms with Crippen LogP contribution in [0, 0.1) is 17.8 Å². The molecule has 1 aromatic rings. The third kappa shape index (κ3) is 4.17. The molecule has 1 saturated carbocycles. The van der Waals surface area contributed by atoms with Gasteiger partial charge in [0.05, 0.1) is 0 Å². The maximum Gasteiger partial charge on any atom is 0.340 e. The Kier molecular flexibility index (Phi) is 5.55. The van der Waals surface area contributed by atoms with Gasteiger partial charge in [-0.15, -0.1) is 0 Å². The number of ether oxygens (including phenoxy) is 3. The molecule has 2 aliphatic rings. The minimum atomic E-state index is -0.901. The Morgan fingerprint density at radius 2 is 2.04 bits per heavy atom. The summed E-state index contributed by atoms with van der Waals surface area (Å²) in [5.41, 5.74) is 0.631. The lowest BCUT2D eigenvalue weighted by atomic mass is 9.75. The highest BCUT2D eigenvalue weighted by atomic mass is 35.5. The summed E-state index contributed by atoms with van der Waals surface area (Å²) in [4.78, 5) is 13.1. The van der Waals surface area contributed by atoms with E-state index in [0.29, 0.717) is 34.1 Å². The number of hydrogen-bond acceptors (Lipinski definition) is 4. The first-order valence-corrected chi connectivity index (χ1v) is 9.91. The fraction of sp³-hybridized carbons (Fsp3) is 0.667. The number of hydrogen-bond donors (Lipinski definition) is 0. The van der Waals surface area contributed by atoms with Gasteiger partial charge in [-0.05, 0) is 48.8 Å². The van der Waals surface area contributed by atoms with E-state index in [0.717, 1.165) is 12.8 Å². The lowest BCUT2D eigenvalue weighted by Gasteiger charge is -2.40. The van der Waals surface area contributed by atoms with E-state index in [1.807, 2.05) is 0 Å². The molecule has 1 aliphatic carbocycles. The minimum absolute atomic E-state index is 0.0663. The second-order valence-corrected chi connectivity index (χ2v) is 8.92. The van der Waals surface area contributed by atoms with Gasteiger partial charge in [0.25, 0.3) is 0 Å². The van der Waals surface area contributed by atoms with Crippen molar-refractivity contribution in [2.75, 3.05) is 0 Å². The topological polar surface area (TPSA) is 44.8 Å². The third-order valence-corrected chi connectivity index (χ3v) is 5.69. The third-order valence-electron chi connectivity index (χ3n) is 5.45. The molecule has 4 nitrogen and oxygen atoms in total. The van der Waals surface area contributed by atoms with E-state index >= 15 is 0 Å². The number of rotatable bonds is 3. The van der Waals surface area contributed by atoms with Crippen LogP contribution in [0.2, 0.25) is 5.02 Å². The maximum atomic E-state index is 13.1. The van der Waals surface area contributed by atoms with Gasteiger partial charge in [-0.3, -0.25) is 0 Å². The Bertz CT molecular complexity index is 670. The maximum absolute atomic E-state index is 13.1. The van der Waals surface area contributed by atoms with Crippen molar-refractivity contribution in [3.05, 3.63) is 28.8 Å². The predicted octanol–water partition coefficient (Wildman–Crippen LogP) is 5.53. The highest BCUT2D eigenvalue weighted by molar-refractivity contribution is 6.30. The largest absolute Gasteiger partial charge is 0.463 e. The van der Waals surface area contributed by atoms with Crippen LogP contribution in [0.5, 0.6) is 5.75 Å². The molecule has 0 unspecified atom stereocenters. The molecule has 0 spiro atoms. The molecule has 0 saturated heterocycles. The van der Waals surface area contributed by atoms with E-state index < -0.39 is 11.9 Å². The number of carbonyl (C=O) groups is 1. The molecule has 4 atom stereocenters. The van der Waals surface area contributed by atoms with Gasteiger partial charge in [0, 0.05) is 24.4 Å². The smallest absolute Gasteiger partial charge is 0.340 e. The zero-order valence-electron chi connectivity index (χ0n) is 16.3. The van der Waals surface area contributed by atoms with E-state index in [9.17, 15) is 4.79 Å². The van der Waals surface area contributed by atoms with Crippen LogP contribution in [-0.4, -0.2) is 17.9 Å². The predicted molar refractivity (Wildman–Crippen MR) is 101 cm³/mol. The Morgan fingerprint density at radius 3 is 2.73 bits per heavy atom. The number of fused-ring (bicyclic) bond motifs is 1. The van der Waals surface area contributed by atoms with Gasteiger partial charge in [-0.1, -0.05) is 38.8 Å². The minimum Gasteiger partial charge on any atom is -0.463 e. The zero-order valence-corrected chi connectivity index (χ0v) is 17.0. The summed E-state index contributed by atoms with van der Waals surface area (Å²) in [5, 5.41) is 0.541. The van der Waals surface area contributed by atoms with Gasteiger partial charge in [0.2, 0.25) is 5.79 Å². The van der Waals surface area contributed by atoms with Crippen molar-refractivity contribution >= 4 is 17.6 Å². The van der Waals surface area contributed by atoms with E-state index in [4.69, 9.17) is 25.8 Å². The zero-order chi connectivity index (χ0) is 19.1. The molecule has 0 aromatic heterocycles. The lowest BCUT2D eigenvalue weighted by molar-refractivity contribution is -0.224. The van der Waals surface area contributed by atoms with E-state index in [2.05, 4.69) is 20.8 Å². The highest BCUT2D eigenvalue weighted by Gasteiger charge is 2.42. The second kappa shape index (κ2) is 7.40. The SMILES string of the molecule is CC(C)[C@H]1CC[C@H](C)C[C@@H]1OC(=O)[C@@H]1OC(C)(C)Oc2ccc(Cl)cc21. The Hall–Kier alpha value is -1.26. The molecule has 0 N–H and O–H groups in total. The van der Waals surface area contributed by atoms with Gasteiger partial charge >= 0.3 is 5.97 Å². The van der Waals surface area contributed by atoms with Crippen molar-refractivity contribution in [2.45, 2.75) is 71.9 Å². The quantitative estimate of drug-likeness (QED) is 0.646. The van der Waals surface area contributed by atoms with Gasteiger partial charge < -0.3 is 14.2 Å². The summed E-state index contributed by atoms with van der Waals surface area (Å²) in [6.45, 7) is 10.2. The normalized spacial score (nSPS) is 30.4. The number of esters is 1. The van der Waals surface area contributed by atoms with Crippen LogP contribution < -0.4 is 4.74 Å². The molecule has 144 valence electrons. The number of halogens is 1. The van der Waals surface area contributed by atoms with Crippen LogP contribution in [0.15, 0.2) is 18.2 Å². The monoisotopic (exact) mass is 380 g/mol. The molecule has 0 radical (unpaired) electrons. The van der Waals surface area contributed by atoms with Crippen molar-refractivity contribution < 1.29 is 19.0 Å². The van der Waals surface area contributed by atoms with Crippen molar-refractivity contribution in [1.29, 1.82) is 0 Å². The van der Waals surface area contributed by atoms with Gasteiger partial charge in [-0.25, -0.2) is 4.79 Å². The molecular formula is C21H29ClO4. The summed E-state index contributed by atoms with van der Waals surface area (Å²) < 4.78 is 17.8. The molecule has 26 heavy (non-hydrogen) atoms. The summed E-state index contributed by atoms with van der Waals surface area (Å²) in [6, 6.07) is 5.26. The standard InChI is InChI=1S/C21H29ClO4/c1-12(2)15-8-6-13(3)10-18(15)24-20(23)19-16-11-14(22)7-9-17(16)25-21(4,5)26-19/h7,9,11-13,15,18-19H,6,8,10H2,1-5H3/t13-,15+,18-,19+/m0/s1. The molecular weight excluding hydrogens is 352 g/mol. The molecule has 1 heterocycles. The number of benzene rings is 1. The van der Waals surface area contributed by atoms with Crippen LogP contribution in [0.3, 0.4) is 0 Å². The van der Waals surface area contributed by atoms with Crippen molar-refractivity contribution in [2.24, 2.45) is 17.8 Å². The van der Waals surface area contributed by atoms with Crippen LogP contribution in [-0.2, 0) is 14.3 Å². The summed E-state index contributed by atoms with van der Waals surface area (Å²) in [5.74, 6) is 0.800. The molecule has 5 heteroatoms. The average molecular weight is 381 g/mol. The first kappa shape index (κ1) is 19.5.